The molecule has 0 radical (unpaired) electrons. The summed E-state index contributed by atoms with van der Waals surface area (Å²) in [6.07, 6.45) is 1.62. The Morgan fingerprint density at radius 2 is 1.90 bits per heavy atom. The molecule has 0 saturated carbocycles. The molecule has 1 amide bonds. The number of hydrogen-bond acceptors (Lipinski definition) is 8. The highest BCUT2D eigenvalue weighted by Crippen LogP contribution is 2.28. The Morgan fingerprint density at radius 1 is 1.13 bits per heavy atom. The fourth-order valence-electron chi connectivity index (χ4n) is 2.61. The lowest BCUT2D eigenvalue weighted by Crippen LogP contribution is -2.30. The van der Waals surface area contributed by atoms with Gasteiger partial charge in [0.15, 0.2) is 16.5 Å². The Balaban J connectivity index is 1.55. The first-order chi connectivity index (χ1) is 14.5. The molecule has 2 heterocycles. The van der Waals surface area contributed by atoms with E-state index in [-0.39, 0.29) is 18.7 Å². The van der Waals surface area contributed by atoms with E-state index in [9.17, 15) is 14.4 Å². The molecule has 158 valence electrons. The van der Waals surface area contributed by atoms with Crippen molar-refractivity contribution >= 4 is 28.2 Å². The molecule has 1 N–H and O–H groups in total. The van der Waals surface area contributed by atoms with Crippen LogP contribution in [0.5, 0.6) is 11.5 Å². The lowest BCUT2D eigenvalue weighted by atomic mass is 10.2. The highest BCUT2D eigenvalue weighted by molar-refractivity contribution is 7.15. The summed E-state index contributed by atoms with van der Waals surface area (Å²) in [5, 5.41) is 4.24. The molecule has 30 heavy (non-hydrogen) atoms. The fourth-order valence-corrected chi connectivity index (χ4v) is 3.35. The van der Waals surface area contributed by atoms with Crippen molar-refractivity contribution in [3.8, 4) is 11.5 Å². The van der Waals surface area contributed by atoms with Gasteiger partial charge in [-0.15, -0.1) is 11.3 Å². The predicted octanol–water partition coefficient (Wildman–Crippen LogP) is 2.03. The number of hydrogen-bond donors (Lipinski definition) is 1. The number of carbonyl (C=O) groups excluding carboxylic acids is 2. The predicted molar refractivity (Wildman–Crippen MR) is 110 cm³/mol. The number of esters is 1. The molecule has 0 aliphatic heterocycles. The highest BCUT2D eigenvalue weighted by atomic mass is 32.1. The Labute approximate surface area is 176 Å². The van der Waals surface area contributed by atoms with E-state index in [2.05, 4.69) is 10.3 Å². The number of ether oxygens (including phenoxy) is 3. The molecule has 10 heteroatoms. The molecule has 0 spiro atoms. The summed E-state index contributed by atoms with van der Waals surface area (Å²) in [6.45, 7) is 4.10. The first kappa shape index (κ1) is 21.3. The maximum atomic E-state index is 12.3. The van der Waals surface area contributed by atoms with Crippen LogP contribution in [-0.4, -0.2) is 41.0 Å². The van der Waals surface area contributed by atoms with Gasteiger partial charge in [0.05, 0.1) is 18.9 Å². The quantitative estimate of drug-likeness (QED) is 0.517. The van der Waals surface area contributed by atoms with Crippen LogP contribution in [0.3, 0.4) is 0 Å². The van der Waals surface area contributed by atoms with E-state index in [4.69, 9.17) is 14.2 Å². The van der Waals surface area contributed by atoms with Crippen molar-refractivity contribution in [1.29, 1.82) is 0 Å². The molecule has 0 aliphatic carbocycles. The van der Waals surface area contributed by atoms with Gasteiger partial charge in [-0.05, 0) is 32.0 Å². The molecule has 0 saturated heterocycles. The largest absolute Gasteiger partial charge is 0.490 e. The average Bonchev–Trinajstić information content (AvgIpc) is 3.21. The number of rotatable bonds is 9. The minimum absolute atomic E-state index is 0.157. The van der Waals surface area contributed by atoms with E-state index in [0.717, 1.165) is 0 Å². The van der Waals surface area contributed by atoms with E-state index in [1.807, 2.05) is 13.8 Å². The molecule has 0 atom stereocenters. The van der Waals surface area contributed by atoms with Crippen LogP contribution in [0.15, 0.2) is 40.6 Å². The van der Waals surface area contributed by atoms with Crippen molar-refractivity contribution in [3.05, 3.63) is 57.5 Å². The van der Waals surface area contributed by atoms with Crippen LogP contribution in [-0.2, 0) is 16.1 Å². The van der Waals surface area contributed by atoms with Crippen molar-refractivity contribution in [3.63, 3.8) is 0 Å². The molecule has 0 aliphatic rings. The number of amides is 1. The van der Waals surface area contributed by atoms with Gasteiger partial charge in [0, 0.05) is 23.2 Å². The molecule has 3 aromatic rings. The molecule has 0 unspecified atom stereocenters. The first-order valence-electron chi connectivity index (χ1n) is 9.31. The third kappa shape index (κ3) is 5.15. The minimum atomic E-state index is -0.646. The van der Waals surface area contributed by atoms with Gasteiger partial charge in [-0.25, -0.2) is 4.98 Å². The van der Waals surface area contributed by atoms with Crippen molar-refractivity contribution in [2.24, 2.45) is 0 Å². The first-order valence-corrected chi connectivity index (χ1v) is 10.2. The molecule has 1 aromatic carbocycles. The molecular weight excluding hydrogens is 410 g/mol. The summed E-state index contributed by atoms with van der Waals surface area (Å²) in [5.41, 5.74) is 0.420. The van der Waals surface area contributed by atoms with Gasteiger partial charge in [0.2, 0.25) is 0 Å². The fraction of sp³-hybridized carbons (Fsp3) is 0.300. The van der Waals surface area contributed by atoms with Crippen molar-refractivity contribution in [1.82, 2.24) is 14.7 Å². The van der Waals surface area contributed by atoms with E-state index in [1.54, 1.807) is 29.8 Å². The SMILES string of the molecule is CCOc1ccc(C(=O)NCC(=O)OCc2cc(=O)n3ccsc3n2)cc1OCC. The van der Waals surface area contributed by atoms with Gasteiger partial charge in [-0.3, -0.25) is 18.8 Å². The summed E-state index contributed by atoms with van der Waals surface area (Å²) in [4.78, 5) is 41.0. The second-order valence-electron chi connectivity index (χ2n) is 6.01. The molecular formula is C20H21N3O6S. The lowest BCUT2D eigenvalue weighted by Gasteiger charge is -2.12. The zero-order valence-electron chi connectivity index (χ0n) is 16.5. The number of fused-ring (bicyclic) bond motifs is 1. The maximum absolute atomic E-state index is 12.3. The Kier molecular flexibility index (Phi) is 7.02. The monoisotopic (exact) mass is 431 g/mol. The van der Waals surface area contributed by atoms with Crippen LogP contribution in [0.25, 0.3) is 4.96 Å². The minimum Gasteiger partial charge on any atom is -0.490 e. The standard InChI is InChI=1S/C20H21N3O6S/c1-3-27-15-6-5-13(9-16(15)28-4-2)19(26)21-11-18(25)29-12-14-10-17(24)23-7-8-30-20(23)22-14/h5-10H,3-4,11-12H2,1-2H3,(H,21,26). The van der Waals surface area contributed by atoms with Crippen LogP contribution in [0, 0.1) is 0 Å². The van der Waals surface area contributed by atoms with Crippen LogP contribution in [0.1, 0.15) is 29.9 Å². The topological polar surface area (TPSA) is 108 Å². The van der Waals surface area contributed by atoms with E-state index < -0.39 is 11.9 Å². The van der Waals surface area contributed by atoms with Crippen LogP contribution >= 0.6 is 11.3 Å². The van der Waals surface area contributed by atoms with Gasteiger partial charge in [0.1, 0.15) is 13.2 Å². The Hall–Kier alpha value is -3.40. The number of benzene rings is 1. The van der Waals surface area contributed by atoms with Gasteiger partial charge < -0.3 is 19.5 Å². The van der Waals surface area contributed by atoms with Gasteiger partial charge in [-0.1, -0.05) is 0 Å². The molecule has 2 aromatic heterocycles. The van der Waals surface area contributed by atoms with E-state index >= 15 is 0 Å². The van der Waals surface area contributed by atoms with E-state index in [0.29, 0.717) is 40.9 Å². The summed E-state index contributed by atoms with van der Waals surface area (Å²) >= 11 is 1.31. The second kappa shape index (κ2) is 9.88. The van der Waals surface area contributed by atoms with Gasteiger partial charge in [-0.2, -0.15) is 0 Å². The van der Waals surface area contributed by atoms with Crippen molar-refractivity contribution < 1.29 is 23.8 Å². The molecule has 9 nitrogen and oxygen atoms in total. The third-order valence-corrected chi connectivity index (χ3v) is 4.69. The van der Waals surface area contributed by atoms with Crippen LogP contribution < -0.4 is 20.3 Å². The Morgan fingerprint density at radius 3 is 2.67 bits per heavy atom. The van der Waals surface area contributed by atoms with Gasteiger partial charge in [0.25, 0.3) is 11.5 Å². The molecule has 0 fully saturated rings. The maximum Gasteiger partial charge on any atom is 0.325 e. The van der Waals surface area contributed by atoms with Crippen molar-refractivity contribution in [2.45, 2.75) is 20.5 Å². The molecule has 0 bridgehead atoms. The number of thiazole rings is 1. The highest BCUT2D eigenvalue weighted by Gasteiger charge is 2.14. The number of nitrogens with one attached hydrogen (secondary N) is 1. The normalized spacial score (nSPS) is 10.6. The van der Waals surface area contributed by atoms with Crippen molar-refractivity contribution in [2.75, 3.05) is 19.8 Å². The number of carbonyl (C=O) groups is 2. The third-order valence-electron chi connectivity index (χ3n) is 3.94. The second-order valence-corrected chi connectivity index (χ2v) is 6.89. The molecule has 3 rings (SSSR count). The summed E-state index contributed by atoms with van der Waals surface area (Å²) in [6, 6.07) is 6.10. The van der Waals surface area contributed by atoms with E-state index in [1.165, 1.54) is 21.8 Å². The summed E-state index contributed by atoms with van der Waals surface area (Å²) in [7, 11) is 0. The van der Waals surface area contributed by atoms with Gasteiger partial charge >= 0.3 is 5.97 Å². The van der Waals surface area contributed by atoms with Crippen LogP contribution in [0.4, 0.5) is 0 Å². The Bertz CT molecular complexity index is 1110. The zero-order chi connectivity index (χ0) is 21.5. The zero-order valence-corrected chi connectivity index (χ0v) is 17.4. The lowest BCUT2D eigenvalue weighted by molar-refractivity contribution is -0.143. The summed E-state index contributed by atoms with van der Waals surface area (Å²) in [5.74, 6) is -0.0999. The summed E-state index contributed by atoms with van der Waals surface area (Å²) < 4.78 is 17.5. The average molecular weight is 431 g/mol. The smallest absolute Gasteiger partial charge is 0.325 e. The van der Waals surface area contributed by atoms with Crippen LogP contribution in [0.2, 0.25) is 0 Å². The number of nitrogens with zero attached hydrogens (tertiary/aromatic N) is 2. The number of aromatic nitrogens is 2.